The summed E-state index contributed by atoms with van der Waals surface area (Å²) in [7, 11) is 1.64. The molecule has 0 saturated carbocycles. The minimum atomic E-state index is 0. The largest absolute Gasteiger partial charge is 0.497 e. The predicted molar refractivity (Wildman–Crippen MR) is 106 cm³/mol. The standard InChI is InChI=1S/C20H22N4O2.ClH/c1-25-16-9-7-15(8-10-16)20-22-19(23-26-20)13-24-11-17(18(21)12-24)14-5-3-2-4-6-14;/h2-10,17-18H,11-13,21H2,1H3;1H/t17-,18+;/m0./s1. The molecule has 6 nitrogen and oxygen atoms in total. The average molecular weight is 387 g/mol. The first-order valence-corrected chi connectivity index (χ1v) is 8.73. The number of ether oxygens (including phenoxy) is 1. The third-order valence-electron chi connectivity index (χ3n) is 4.84. The van der Waals surface area contributed by atoms with Gasteiger partial charge in [-0.3, -0.25) is 4.90 Å². The highest BCUT2D eigenvalue weighted by Crippen LogP contribution is 2.27. The topological polar surface area (TPSA) is 77.4 Å². The summed E-state index contributed by atoms with van der Waals surface area (Å²) in [6, 6.07) is 18.1. The highest BCUT2D eigenvalue weighted by molar-refractivity contribution is 5.85. The van der Waals surface area contributed by atoms with E-state index in [1.165, 1.54) is 5.56 Å². The fourth-order valence-electron chi connectivity index (χ4n) is 3.46. The van der Waals surface area contributed by atoms with E-state index in [1.807, 2.05) is 30.3 Å². The fourth-order valence-corrected chi connectivity index (χ4v) is 3.46. The summed E-state index contributed by atoms with van der Waals surface area (Å²) in [4.78, 5) is 6.80. The first-order chi connectivity index (χ1) is 12.7. The molecule has 7 heteroatoms. The van der Waals surface area contributed by atoms with E-state index in [0.717, 1.165) is 24.4 Å². The van der Waals surface area contributed by atoms with Gasteiger partial charge in [-0.2, -0.15) is 4.98 Å². The molecule has 4 rings (SSSR count). The molecular formula is C20H23ClN4O2. The Bertz CT molecular complexity index is 854. The quantitative estimate of drug-likeness (QED) is 0.726. The van der Waals surface area contributed by atoms with E-state index < -0.39 is 0 Å². The molecule has 2 aromatic carbocycles. The second kappa shape index (κ2) is 8.52. The smallest absolute Gasteiger partial charge is 0.257 e. The van der Waals surface area contributed by atoms with Crippen LogP contribution in [-0.4, -0.2) is 41.3 Å². The number of hydrogen-bond donors (Lipinski definition) is 1. The summed E-state index contributed by atoms with van der Waals surface area (Å²) in [5, 5.41) is 4.12. The van der Waals surface area contributed by atoms with Gasteiger partial charge in [0, 0.05) is 30.6 Å². The number of rotatable bonds is 5. The summed E-state index contributed by atoms with van der Waals surface area (Å²) in [6.07, 6.45) is 0. The van der Waals surface area contributed by atoms with Crippen LogP contribution in [0.15, 0.2) is 59.1 Å². The summed E-state index contributed by atoms with van der Waals surface area (Å²) in [6.45, 7) is 2.36. The van der Waals surface area contributed by atoms with Crippen molar-refractivity contribution in [2.75, 3.05) is 20.2 Å². The minimum Gasteiger partial charge on any atom is -0.497 e. The Morgan fingerprint density at radius 3 is 2.56 bits per heavy atom. The van der Waals surface area contributed by atoms with Crippen LogP contribution in [0, 0.1) is 0 Å². The van der Waals surface area contributed by atoms with Crippen molar-refractivity contribution in [1.82, 2.24) is 15.0 Å². The normalized spacial score (nSPS) is 19.6. The molecule has 0 spiro atoms. The molecule has 0 bridgehead atoms. The molecule has 3 aromatic rings. The van der Waals surface area contributed by atoms with Crippen molar-refractivity contribution in [2.24, 2.45) is 5.73 Å². The maximum absolute atomic E-state index is 6.36. The van der Waals surface area contributed by atoms with Crippen LogP contribution in [0.5, 0.6) is 5.75 Å². The van der Waals surface area contributed by atoms with Crippen LogP contribution in [0.1, 0.15) is 17.3 Å². The number of likely N-dealkylation sites (tertiary alicyclic amines) is 1. The van der Waals surface area contributed by atoms with Crippen molar-refractivity contribution in [3.8, 4) is 17.2 Å². The van der Waals surface area contributed by atoms with E-state index in [0.29, 0.717) is 24.2 Å². The Kier molecular flexibility index (Phi) is 6.11. The Morgan fingerprint density at radius 1 is 1.11 bits per heavy atom. The van der Waals surface area contributed by atoms with Gasteiger partial charge >= 0.3 is 0 Å². The molecule has 1 saturated heterocycles. The number of methoxy groups -OCH3 is 1. The zero-order valence-corrected chi connectivity index (χ0v) is 15.9. The van der Waals surface area contributed by atoms with Gasteiger partial charge in [0.05, 0.1) is 13.7 Å². The molecule has 0 aliphatic carbocycles. The number of nitrogens with two attached hydrogens (primary N) is 1. The second-order valence-electron chi connectivity index (χ2n) is 6.62. The molecule has 0 amide bonds. The van der Waals surface area contributed by atoms with Gasteiger partial charge in [0.1, 0.15) is 5.75 Å². The molecule has 1 fully saturated rings. The molecule has 0 radical (unpaired) electrons. The average Bonchev–Trinajstić information content (AvgIpc) is 3.29. The van der Waals surface area contributed by atoms with Crippen LogP contribution in [0.4, 0.5) is 0 Å². The van der Waals surface area contributed by atoms with Crippen LogP contribution < -0.4 is 10.5 Å². The molecule has 2 N–H and O–H groups in total. The van der Waals surface area contributed by atoms with E-state index in [1.54, 1.807) is 7.11 Å². The fraction of sp³-hybridized carbons (Fsp3) is 0.300. The Balaban J connectivity index is 0.00000210. The molecule has 1 aromatic heterocycles. The predicted octanol–water partition coefficient (Wildman–Crippen LogP) is 3.09. The van der Waals surface area contributed by atoms with E-state index >= 15 is 0 Å². The number of benzene rings is 2. The Labute approximate surface area is 164 Å². The van der Waals surface area contributed by atoms with Crippen molar-refractivity contribution in [3.63, 3.8) is 0 Å². The minimum absolute atomic E-state index is 0. The lowest BCUT2D eigenvalue weighted by molar-refractivity contribution is 0.306. The lowest BCUT2D eigenvalue weighted by Crippen LogP contribution is -2.28. The number of nitrogens with zero attached hydrogens (tertiary/aromatic N) is 3. The summed E-state index contributed by atoms with van der Waals surface area (Å²) < 4.78 is 10.6. The van der Waals surface area contributed by atoms with Crippen molar-refractivity contribution < 1.29 is 9.26 Å². The second-order valence-corrected chi connectivity index (χ2v) is 6.62. The first kappa shape index (κ1) is 19.4. The summed E-state index contributed by atoms with van der Waals surface area (Å²) in [5.41, 5.74) is 8.53. The lowest BCUT2D eigenvalue weighted by atomic mass is 9.95. The molecule has 2 heterocycles. The third kappa shape index (κ3) is 4.30. The maximum atomic E-state index is 6.36. The van der Waals surface area contributed by atoms with Gasteiger partial charge < -0.3 is 15.0 Å². The van der Waals surface area contributed by atoms with Gasteiger partial charge in [-0.15, -0.1) is 12.4 Å². The molecular weight excluding hydrogens is 364 g/mol. The van der Waals surface area contributed by atoms with Crippen molar-refractivity contribution >= 4 is 12.4 Å². The third-order valence-corrected chi connectivity index (χ3v) is 4.84. The van der Waals surface area contributed by atoms with Gasteiger partial charge in [0.25, 0.3) is 5.89 Å². The van der Waals surface area contributed by atoms with Crippen LogP contribution in [0.2, 0.25) is 0 Å². The zero-order chi connectivity index (χ0) is 17.9. The number of hydrogen-bond acceptors (Lipinski definition) is 6. The summed E-state index contributed by atoms with van der Waals surface area (Å²) in [5.74, 6) is 2.33. The summed E-state index contributed by atoms with van der Waals surface area (Å²) >= 11 is 0. The molecule has 142 valence electrons. The number of halogens is 1. The highest BCUT2D eigenvalue weighted by atomic mass is 35.5. The van der Waals surface area contributed by atoms with Gasteiger partial charge in [-0.1, -0.05) is 35.5 Å². The SMILES string of the molecule is COc1ccc(-c2nc(CN3C[C@@H](N)[C@H](c4ccccc4)C3)no2)cc1.Cl. The molecule has 2 atom stereocenters. The lowest BCUT2D eigenvalue weighted by Gasteiger charge is -2.14. The van der Waals surface area contributed by atoms with Gasteiger partial charge in [-0.25, -0.2) is 0 Å². The van der Waals surface area contributed by atoms with Crippen molar-refractivity contribution in [2.45, 2.75) is 18.5 Å². The van der Waals surface area contributed by atoms with E-state index in [-0.39, 0.29) is 18.4 Å². The first-order valence-electron chi connectivity index (χ1n) is 8.73. The van der Waals surface area contributed by atoms with Gasteiger partial charge in [0.15, 0.2) is 5.82 Å². The van der Waals surface area contributed by atoms with Crippen molar-refractivity contribution in [1.29, 1.82) is 0 Å². The van der Waals surface area contributed by atoms with Crippen LogP contribution in [-0.2, 0) is 6.54 Å². The zero-order valence-electron chi connectivity index (χ0n) is 15.1. The van der Waals surface area contributed by atoms with E-state index in [2.05, 4.69) is 39.3 Å². The molecule has 0 unspecified atom stereocenters. The Hall–Kier alpha value is -2.41. The number of aromatic nitrogens is 2. The van der Waals surface area contributed by atoms with Crippen LogP contribution in [0.3, 0.4) is 0 Å². The molecule has 27 heavy (non-hydrogen) atoms. The van der Waals surface area contributed by atoms with Gasteiger partial charge in [-0.05, 0) is 29.8 Å². The Morgan fingerprint density at radius 2 is 1.85 bits per heavy atom. The monoisotopic (exact) mass is 386 g/mol. The van der Waals surface area contributed by atoms with Crippen molar-refractivity contribution in [3.05, 3.63) is 66.0 Å². The van der Waals surface area contributed by atoms with E-state index in [9.17, 15) is 0 Å². The molecule has 1 aliphatic rings. The highest BCUT2D eigenvalue weighted by Gasteiger charge is 2.31. The maximum Gasteiger partial charge on any atom is 0.257 e. The molecule has 1 aliphatic heterocycles. The van der Waals surface area contributed by atoms with Crippen LogP contribution >= 0.6 is 12.4 Å². The van der Waals surface area contributed by atoms with Crippen LogP contribution in [0.25, 0.3) is 11.5 Å². The van der Waals surface area contributed by atoms with Gasteiger partial charge in [0.2, 0.25) is 0 Å². The van der Waals surface area contributed by atoms with E-state index in [4.69, 9.17) is 15.0 Å².